The van der Waals surface area contributed by atoms with Gasteiger partial charge in [-0.05, 0) is 43.7 Å². The number of H-pyrrole nitrogens is 1. The SMILES string of the molecule is CCOc1ccc(NC(=O)CSc2nnc(Cc3ccc(C)cc3)c(=O)[nH]2)cc1. The molecule has 3 aromatic rings. The first kappa shape index (κ1) is 20.6. The van der Waals surface area contributed by atoms with E-state index in [9.17, 15) is 9.59 Å². The summed E-state index contributed by atoms with van der Waals surface area (Å²) in [5.74, 6) is 0.652. The molecule has 0 aliphatic heterocycles. The maximum absolute atomic E-state index is 12.2. The Morgan fingerprint density at radius 2 is 1.83 bits per heavy atom. The number of anilines is 1. The van der Waals surface area contributed by atoms with Gasteiger partial charge in [0.25, 0.3) is 5.56 Å². The standard InChI is InChI=1S/C21H22N4O3S/c1-3-28-17-10-8-16(9-11-17)22-19(26)13-29-21-23-20(27)18(24-25-21)12-15-6-4-14(2)5-7-15/h4-11H,3,12-13H2,1-2H3,(H,22,26)(H,23,25,27). The highest BCUT2D eigenvalue weighted by Gasteiger charge is 2.09. The van der Waals surface area contributed by atoms with E-state index in [0.29, 0.717) is 29.6 Å². The molecule has 0 saturated carbocycles. The van der Waals surface area contributed by atoms with Crippen LogP contribution in [0.3, 0.4) is 0 Å². The first-order chi connectivity index (χ1) is 14.0. The number of nitrogens with zero attached hydrogens (tertiary/aromatic N) is 2. The molecule has 3 rings (SSSR count). The third-order valence-corrected chi connectivity index (χ3v) is 4.89. The molecule has 29 heavy (non-hydrogen) atoms. The number of hydrogen-bond acceptors (Lipinski definition) is 6. The molecule has 0 unspecified atom stereocenters. The number of ether oxygens (including phenoxy) is 1. The quantitative estimate of drug-likeness (QED) is 0.554. The van der Waals surface area contributed by atoms with Crippen LogP contribution in [0.1, 0.15) is 23.7 Å². The fourth-order valence-corrected chi connectivity index (χ4v) is 3.16. The van der Waals surface area contributed by atoms with Crippen LogP contribution in [0.25, 0.3) is 0 Å². The fraction of sp³-hybridized carbons (Fsp3) is 0.238. The van der Waals surface area contributed by atoms with Gasteiger partial charge in [0.2, 0.25) is 5.91 Å². The highest BCUT2D eigenvalue weighted by molar-refractivity contribution is 7.99. The van der Waals surface area contributed by atoms with E-state index in [1.807, 2.05) is 38.1 Å². The monoisotopic (exact) mass is 410 g/mol. The Kier molecular flexibility index (Phi) is 7.02. The zero-order chi connectivity index (χ0) is 20.6. The normalized spacial score (nSPS) is 10.6. The van der Waals surface area contributed by atoms with E-state index in [-0.39, 0.29) is 17.2 Å². The van der Waals surface area contributed by atoms with E-state index in [2.05, 4.69) is 20.5 Å². The van der Waals surface area contributed by atoms with E-state index in [1.54, 1.807) is 24.3 Å². The summed E-state index contributed by atoms with van der Waals surface area (Å²) in [5.41, 5.74) is 2.87. The second-order valence-corrected chi connectivity index (χ2v) is 7.33. The molecule has 0 spiro atoms. The Morgan fingerprint density at radius 1 is 1.10 bits per heavy atom. The van der Waals surface area contributed by atoms with E-state index in [4.69, 9.17) is 4.74 Å². The number of aromatic nitrogens is 3. The number of carbonyl (C=O) groups excluding carboxylic acids is 1. The topological polar surface area (TPSA) is 97.0 Å². The summed E-state index contributed by atoms with van der Waals surface area (Å²) in [5, 5.41) is 11.1. The van der Waals surface area contributed by atoms with Crippen molar-refractivity contribution in [3.8, 4) is 5.75 Å². The van der Waals surface area contributed by atoms with Gasteiger partial charge in [0.05, 0.1) is 12.4 Å². The van der Waals surface area contributed by atoms with Crippen LogP contribution < -0.4 is 15.6 Å². The summed E-state index contributed by atoms with van der Waals surface area (Å²) in [6, 6.07) is 15.0. The lowest BCUT2D eigenvalue weighted by Crippen LogP contribution is -2.19. The van der Waals surface area contributed by atoms with Crippen LogP contribution in [0.4, 0.5) is 5.69 Å². The molecule has 0 aliphatic rings. The molecule has 0 aliphatic carbocycles. The van der Waals surface area contributed by atoms with Gasteiger partial charge in [-0.3, -0.25) is 14.6 Å². The molecule has 0 atom stereocenters. The summed E-state index contributed by atoms with van der Waals surface area (Å²) in [7, 11) is 0. The number of hydrogen-bond donors (Lipinski definition) is 2. The third-order valence-electron chi connectivity index (χ3n) is 4.03. The number of thioether (sulfide) groups is 1. The van der Waals surface area contributed by atoms with Gasteiger partial charge in [0.1, 0.15) is 11.4 Å². The molecule has 2 aromatic carbocycles. The van der Waals surface area contributed by atoms with Gasteiger partial charge < -0.3 is 10.1 Å². The first-order valence-corrected chi connectivity index (χ1v) is 10.2. The van der Waals surface area contributed by atoms with E-state index in [1.165, 1.54) is 0 Å². The minimum absolute atomic E-state index is 0.106. The second kappa shape index (κ2) is 9.88. The van der Waals surface area contributed by atoms with E-state index >= 15 is 0 Å². The highest BCUT2D eigenvalue weighted by Crippen LogP contribution is 2.17. The Balaban J connectivity index is 1.53. The lowest BCUT2D eigenvalue weighted by molar-refractivity contribution is -0.113. The second-order valence-electron chi connectivity index (χ2n) is 6.36. The van der Waals surface area contributed by atoms with E-state index in [0.717, 1.165) is 28.6 Å². The maximum Gasteiger partial charge on any atom is 0.273 e. The molecule has 0 saturated heterocycles. The first-order valence-electron chi connectivity index (χ1n) is 9.20. The van der Waals surface area contributed by atoms with Crippen molar-refractivity contribution >= 4 is 23.4 Å². The Bertz CT molecular complexity index is 1020. The average molecular weight is 410 g/mol. The molecule has 0 bridgehead atoms. The minimum atomic E-state index is -0.296. The molecule has 150 valence electrons. The van der Waals surface area contributed by atoms with Crippen molar-refractivity contribution in [2.75, 3.05) is 17.7 Å². The van der Waals surface area contributed by atoms with Crippen LogP contribution in [0, 0.1) is 6.92 Å². The molecule has 0 fully saturated rings. The Morgan fingerprint density at radius 3 is 2.48 bits per heavy atom. The number of aryl methyl sites for hydroxylation is 1. The molecule has 8 heteroatoms. The van der Waals surface area contributed by atoms with Crippen molar-refractivity contribution in [2.45, 2.75) is 25.4 Å². The zero-order valence-electron chi connectivity index (χ0n) is 16.3. The third kappa shape index (κ3) is 6.18. The van der Waals surface area contributed by atoms with Gasteiger partial charge >= 0.3 is 0 Å². The summed E-state index contributed by atoms with van der Waals surface area (Å²) >= 11 is 1.12. The molecule has 1 amide bonds. The predicted octanol–water partition coefficient (Wildman–Crippen LogP) is 3.19. The van der Waals surface area contributed by atoms with Crippen LogP contribution in [-0.2, 0) is 11.2 Å². The number of rotatable bonds is 8. The fourth-order valence-electron chi connectivity index (χ4n) is 2.56. The van der Waals surface area contributed by atoms with Crippen LogP contribution in [0.5, 0.6) is 5.75 Å². The number of nitrogens with one attached hydrogen (secondary N) is 2. The molecular weight excluding hydrogens is 388 g/mol. The average Bonchev–Trinajstić information content (AvgIpc) is 2.71. The van der Waals surface area contributed by atoms with Crippen LogP contribution in [-0.4, -0.2) is 33.4 Å². The summed E-state index contributed by atoms with van der Waals surface area (Å²) in [6.07, 6.45) is 0.409. The van der Waals surface area contributed by atoms with Crippen LogP contribution >= 0.6 is 11.8 Å². The van der Waals surface area contributed by atoms with Crippen molar-refractivity contribution < 1.29 is 9.53 Å². The lowest BCUT2D eigenvalue weighted by Gasteiger charge is -2.07. The van der Waals surface area contributed by atoms with Crippen molar-refractivity contribution in [1.29, 1.82) is 0 Å². The molecule has 1 heterocycles. The van der Waals surface area contributed by atoms with Crippen LogP contribution in [0.2, 0.25) is 0 Å². The van der Waals surface area contributed by atoms with Gasteiger partial charge in [0, 0.05) is 12.1 Å². The Hall–Kier alpha value is -3.13. The summed E-state index contributed by atoms with van der Waals surface area (Å²) in [4.78, 5) is 27.0. The molecule has 0 radical (unpaired) electrons. The van der Waals surface area contributed by atoms with Crippen molar-refractivity contribution in [3.63, 3.8) is 0 Å². The van der Waals surface area contributed by atoms with Gasteiger partial charge in [0.15, 0.2) is 5.16 Å². The molecule has 2 N–H and O–H groups in total. The van der Waals surface area contributed by atoms with Crippen molar-refractivity contribution in [3.05, 3.63) is 75.7 Å². The number of benzene rings is 2. The van der Waals surface area contributed by atoms with E-state index < -0.39 is 0 Å². The van der Waals surface area contributed by atoms with Crippen LogP contribution in [0.15, 0.2) is 58.5 Å². The number of carbonyl (C=O) groups is 1. The number of amides is 1. The maximum atomic E-state index is 12.2. The highest BCUT2D eigenvalue weighted by atomic mass is 32.2. The molecular formula is C21H22N4O3S. The Labute approximate surface area is 172 Å². The van der Waals surface area contributed by atoms with Gasteiger partial charge in [-0.1, -0.05) is 41.6 Å². The molecule has 1 aromatic heterocycles. The smallest absolute Gasteiger partial charge is 0.273 e. The van der Waals surface area contributed by atoms with Gasteiger partial charge in [-0.15, -0.1) is 10.2 Å². The van der Waals surface area contributed by atoms with Crippen molar-refractivity contribution in [1.82, 2.24) is 15.2 Å². The lowest BCUT2D eigenvalue weighted by atomic mass is 10.1. The summed E-state index contributed by atoms with van der Waals surface area (Å²) in [6.45, 7) is 4.51. The summed E-state index contributed by atoms with van der Waals surface area (Å²) < 4.78 is 5.37. The van der Waals surface area contributed by atoms with Crippen molar-refractivity contribution in [2.24, 2.45) is 0 Å². The van der Waals surface area contributed by atoms with Gasteiger partial charge in [-0.2, -0.15) is 0 Å². The van der Waals surface area contributed by atoms with Gasteiger partial charge in [-0.25, -0.2) is 0 Å². The largest absolute Gasteiger partial charge is 0.494 e. The predicted molar refractivity (Wildman–Crippen MR) is 114 cm³/mol. The zero-order valence-corrected chi connectivity index (χ0v) is 17.1. The minimum Gasteiger partial charge on any atom is -0.494 e. The number of aromatic amines is 1. The molecule has 7 nitrogen and oxygen atoms in total.